The first kappa shape index (κ1) is 10.5. The predicted molar refractivity (Wildman–Crippen MR) is 51.5 cm³/mol. The number of hydrogen-bond donors (Lipinski definition) is 1. The maximum absolute atomic E-state index is 10.7. The molecular formula is C7H8N2O4S. The molecule has 0 saturated carbocycles. The normalized spacial score (nSPS) is 9.50. The summed E-state index contributed by atoms with van der Waals surface area (Å²) in [5.74, 6) is -0.467. The molecule has 14 heavy (non-hydrogen) atoms. The van der Waals surface area contributed by atoms with Crippen molar-refractivity contribution in [2.24, 2.45) is 0 Å². The van der Waals surface area contributed by atoms with Gasteiger partial charge in [0.15, 0.2) is 0 Å². The Bertz CT molecular complexity index is 349. The molecule has 1 aromatic heterocycles. The van der Waals surface area contributed by atoms with Crippen LogP contribution in [0.15, 0.2) is 11.4 Å². The van der Waals surface area contributed by atoms with Gasteiger partial charge in [-0.25, -0.2) is 0 Å². The maximum atomic E-state index is 10.7. The van der Waals surface area contributed by atoms with Crippen LogP contribution in [-0.2, 0) is 9.53 Å². The second-order valence-corrected chi connectivity index (χ2v) is 3.22. The number of nitrogens with zero attached hydrogens (tertiary/aromatic N) is 1. The lowest BCUT2D eigenvalue weighted by Crippen LogP contribution is -2.15. The highest BCUT2D eigenvalue weighted by atomic mass is 32.1. The second kappa shape index (κ2) is 4.56. The molecule has 0 radical (unpaired) electrons. The van der Waals surface area contributed by atoms with Crippen molar-refractivity contribution in [2.45, 2.75) is 0 Å². The van der Waals surface area contributed by atoms with Gasteiger partial charge >= 0.3 is 11.0 Å². The molecule has 1 aromatic rings. The molecule has 0 aliphatic heterocycles. The van der Waals surface area contributed by atoms with Gasteiger partial charge in [0.1, 0.15) is 12.2 Å². The lowest BCUT2D eigenvalue weighted by Gasteiger charge is -2.01. The van der Waals surface area contributed by atoms with Crippen LogP contribution in [0.2, 0.25) is 0 Å². The Morgan fingerprint density at radius 3 is 3.07 bits per heavy atom. The molecule has 0 saturated heterocycles. The molecule has 0 spiro atoms. The van der Waals surface area contributed by atoms with E-state index < -0.39 is 10.9 Å². The molecule has 0 aliphatic carbocycles. The molecule has 0 bridgehead atoms. The van der Waals surface area contributed by atoms with Crippen molar-refractivity contribution in [1.29, 1.82) is 0 Å². The van der Waals surface area contributed by atoms with Gasteiger partial charge in [-0.1, -0.05) is 11.3 Å². The topological polar surface area (TPSA) is 81.5 Å². The summed E-state index contributed by atoms with van der Waals surface area (Å²) < 4.78 is 4.38. The van der Waals surface area contributed by atoms with E-state index >= 15 is 0 Å². The second-order valence-electron chi connectivity index (χ2n) is 2.33. The highest BCUT2D eigenvalue weighted by molar-refractivity contribution is 7.14. The molecule has 1 rings (SSSR count). The van der Waals surface area contributed by atoms with Crippen LogP contribution in [0.3, 0.4) is 0 Å². The van der Waals surface area contributed by atoms with Gasteiger partial charge in [-0.15, -0.1) is 0 Å². The number of thiophene rings is 1. The van der Waals surface area contributed by atoms with Gasteiger partial charge in [-0.2, -0.15) is 0 Å². The average Bonchev–Trinajstić information content (AvgIpc) is 2.62. The SMILES string of the molecule is COC(=O)CNc1ccsc1[N+](=O)[O-]. The van der Waals surface area contributed by atoms with Crippen molar-refractivity contribution in [1.82, 2.24) is 0 Å². The van der Waals surface area contributed by atoms with E-state index in [4.69, 9.17) is 0 Å². The number of carbonyl (C=O) groups excluding carboxylic acids is 1. The van der Waals surface area contributed by atoms with Gasteiger partial charge in [-0.05, 0) is 11.4 Å². The molecule has 0 aliphatic rings. The fraction of sp³-hybridized carbons (Fsp3) is 0.286. The van der Waals surface area contributed by atoms with Gasteiger partial charge < -0.3 is 10.1 Å². The van der Waals surface area contributed by atoms with E-state index in [2.05, 4.69) is 10.1 Å². The number of carbonyl (C=O) groups is 1. The third-order valence-electron chi connectivity index (χ3n) is 1.46. The smallest absolute Gasteiger partial charge is 0.347 e. The number of esters is 1. The molecule has 7 heteroatoms. The van der Waals surface area contributed by atoms with Crippen LogP contribution >= 0.6 is 11.3 Å². The number of anilines is 1. The summed E-state index contributed by atoms with van der Waals surface area (Å²) >= 11 is 1.00. The zero-order valence-electron chi connectivity index (χ0n) is 7.35. The summed E-state index contributed by atoms with van der Waals surface area (Å²) in [6, 6.07) is 1.55. The summed E-state index contributed by atoms with van der Waals surface area (Å²) in [5, 5.41) is 14.7. The first-order valence-electron chi connectivity index (χ1n) is 3.67. The molecule has 0 aromatic carbocycles. The van der Waals surface area contributed by atoms with E-state index in [1.165, 1.54) is 7.11 Å². The van der Waals surface area contributed by atoms with Crippen LogP contribution in [0.1, 0.15) is 0 Å². The molecule has 0 atom stereocenters. The largest absolute Gasteiger partial charge is 0.468 e. The Morgan fingerprint density at radius 2 is 2.50 bits per heavy atom. The quantitative estimate of drug-likeness (QED) is 0.465. The zero-order valence-corrected chi connectivity index (χ0v) is 8.17. The monoisotopic (exact) mass is 216 g/mol. The summed E-state index contributed by atoms with van der Waals surface area (Å²) in [6.45, 7) is -0.0753. The Balaban J connectivity index is 2.63. The van der Waals surface area contributed by atoms with Crippen LogP contribution in [0.4, 0.5) is 10.7 Å². The van der Waals surface area contributed by atoms with Gasteiger partial charge in [0.2, 0.25) is 0 Å². The Kier molecular flexibility index (Phi) is 3.41. The minimum Gasteiger partial charge on any atom is -0.468 e. The number of nitrogens with one attached hydrogen (secondary N) is 1. The van der Waals surface area contributed by atoms with Crippen molar-refractivity contribution in [3.05, 3.63) is 21.6 Å². The predicted octanol–water partition coefficient (Wildman–Crippen LogP) is 1.24. The minimum atomic E-state index is -0.496. The molecule has 0 unspecified atom stereocenters. The minimum absolute atomic E-state index is 0.00565. The average molecular weight is 216 g/mol. The lowest BCUT2D eigenvalue weighted by atomic mass is 10.5. The van der Waals surface area contributed by atoms with E-state index in [1.54, 1.807) is 11.4 Å². The van der Waals surface area contributed by atoms with Crippen LogP contribution in [0.5, 0.6) is 0 Å². The maximum Gasteiger partial charge on any atom is 0.347 e. The van der Waals surface area contributed by atoms with Gasteiger partial charge in [-0.3, -0.25) is 14.9 Å². The lowest BCUT2D eigenvalue weighted by molar-refractivity contribution is -0.379. The molecule has 0 fully saturated rings. The molecule has 6 nitrogen and oxygen atoms in total. The van der Waals surface area contributed by atoms with Gasteiger partial charge in [0.05, 0.1) is 12.0 Å². The van der Waals surface area contributed by atoms with E-state index in [1.807, 2.05) is 0 Å². The summed E-state index contributed by atoms with van der Waals surface area (Å²) in [7, 11) is 1.26. The number of nitro groups is 1. The Morgan fingerprint density at radius 1 is 1.79 bits per heavy atom. The van der Waals surface area contributed by atoms with Crippen LogP contribution < -0.4 is 5.32 Å². The third-order valence-corrected chi connectivity index (χ3v) is 2.33. The van der Waals surface area contributed by atoms with Crippen molar-refractivity contribution in [3.63, 3.8) is 0 Å². The summed E-state index contributed by atoms with van der Waals surface area (Å²) in [4.78, 5) is 20.7. The fourth-order valence-electron chi connectivity index (χ4n) is 0.817. The fourth-order valence-corrected chi connectivity index (χ4v) is 1.50. The molecule has 1 heterocycles. The van der Waals surface area contributed by atoms with E-state index in [9.17, 15) is 14.9 Å². The highest BCUT2D eigenvalue weighted by Crippen LogP contribution is 2.30. The Labute approximate surface area is 83.6 Å². The molecule has 0 amide bonds. The van der Waals surface area contributed by atoms with E-state index in [-0.39, 0.29) is 11.5 Å². The highest BCUT2D eigenvalue weighted by Gasteiger charge is 2.15. The summed E-state index contributed by atoms with van der Waals surface area (Å²) in [6.07, 6.45) is 0. The van der Waals surface area contributed by atoms with Crippen LogP contribution in [-0.4, -0.2) is 24.5 Å². The van der Waals surface area contributed by atoms with Gasteiger partial charge in [0.25, 0.3) is 0 Å². The molecule has 76 valence electrons. The van der Waals surface area contributed by atoms with Crippen molar-refractivity contribution in [3.8, 4) is 0 Å². The number of methoxy groups -OCH3 is 1. The number of ether oxygens (including phenoxy) is 1. The van der Waals surface area contributed by atoms with Crippen LogP contribution in [0.25, 0.3) is 0 Å². The van der Waals surface area contributed by atoms with Crippen molar-refractivity contribution < 1.29 is 14.5 Å². The third kappa shape index (κ3) is 2.43. The number of hydrogen-bond acceptors (Lipinski definition) is 6. The first-order valence-corrected chi connectivity index (χ1v) is 4.55. The van der Waals surface area contributed by atoms with Crippen molar-refractivity contribution in [2.75, 3.05) is 19.0 Å². The van der Waals surface area contributed by atoms with Crippen LogP contribution in [0, 0.1) is 10.1 Å². The Hall–Kier alpha value is -1.63. The van der Waals surface area contributed by atoms with E-state index in [0.29, 0.717) is 5.69 Å². The molecular weight excluding hydrogens is 208 g/mol. The standard InChI is InChI=1S/C7H8N2O4S/c1-13-6(10)4-8-5-2-3-14-7(5)9(11)12/h2-3,8H,4H2,1H3. The van der Waals surface area contributed by atoms with E-state index in [0.717, 1.165) is 11.3 Å². The molecule has 1 N–H and O–H groups in total. The summed E-state index contributed by atoms with van der Waals surface area (Å²) in [5.41, 5.74) is 0.338. The zero-order chi connectivity index (χ0) is 10.6. The van der Waals surface area contributed by atoms with Crippen molar-refractivity contribution >= 4 is 28.0 Å². The van der Waals surface area contributed by atoms with Gasteiger partial charge in [0, 0.05) is 0 Å². The number of rotatable bonds is 4. The first-order chi connectivity index (χ1) is 6.65.